The Labute approximate surface area is 127 Å². The van der Waals surface area contributed by atoms with Crippen LogP contribution in [-0.4, -0.2) is 23.4 Å². The zero-order valence-electron chi connectivity index (χ0n) is 13.7. The molecule has 0 unspecified atom stereocenters. The van der Waals surface area contributed by atoms with Gasteiger partial charge in [0.25, 0.3) is 0 Å². The van der Waals surface area contributed by atoms with Gasteiger partial charge >= 0.3 is 0 Å². The van der Waals surface area contributed by atoms with Crippen LogP contribution in [0.1, 0.15) is 58.5 Å². The van der Waals surface area contributed by atoms with E-state index < -0.39 is 0 Å². The summed E-state index contributed by atoms with van der Waals surface area (Å²) >= 11 is 0. The molecular formula is C17H28N2O2. The van der Waals surface area contributed by atoms with Crippen LogP contribution in [0.25, 0.3) is 0 Å². The summed E-state index contributed by atoms with van der Waals surface area (Å²) in [7, 11) is 0. The van der Waals surface area contributed by atoms with E-state index in [9.17, 15) is 4.79 Å². The van der Waals surface area contributed by atoms with Crippen LogP contribution in [0.3, 0.4) is 0 Å². The minimum absolute atomic E-state index is 0.249. The summed E-state index contributed by atoms with van der Waals surface area (Å²) in [6.45, 7) is 10.9. The number of carbonyl (C=O) groups is 1. The van der Waals surface area contributed by atoms with Crippen LogP contribution in [0, 0.1) is 5.41 Å². The van der Waals surface area contributed by atoms with Crippen molar-refractivity contribution in [3.63, 3.8) is 0 Å². The normalized spacial score (nSPS) is 19.1. The molecule has 118 valence electrons. The Morgan fingerprint density at radius 3 is 2.71 bits per heavy atom. The lowest BCUT2D eigenvalue weighted by Gasteiger charge is -2.22. The molecular weight excluding hydrogens is 264 g/mol. The molecule has 0 aromatic carbocycles. The number of nitrogens with zero attached hydrogens (tertiary/aromatic N) is 1. The highest BCUT2D eigenvalue weighted by Gasteiger charge is 2.27. The highest BCUT2D eigenvalue weighted by atomic mass is 16.3. The van der Waals surface area contributed by atoms with E-state index in [1.54, 1.807) is 0 Å². The van der Waals surface area contributed by atoms with Gasteiger partial charge < -0.3 is 14.6 Å². The third-order valence-corrected chi connectivity index (χ3v) is 4.18. The number of likely N-dealkylation sites (tertiary alicyclic amines) is 1. The molecule has 1 N–H and O–H groups in total. The summed E-state index contributed by atoms with van der Waals surface area (Å²) in [6.07, 6.45) is 2.68. The van der Waals surface area contributed by atoms with Gasteiger partial charge in [-0.1, -0.05) is 27.7 Å². The Morgan fingerprint density at radius 2 is 2.00 bits per heavy atom. The first-order valence-corrected chi connectivity index (χ1v) is 7.94. The fraction of sp³-hybridized carbons (Fsp3) is 0.706. The second-order valence-electron chi connectivity index (χ2n) is 7.13. The van der Waals surface area contributed by atoms with Crippen molar-refractivity contribution in [3.05, 3.63) is 23.7 Å². The first-order valence-electron chi connectivity index (χ1n) is 7.94. The number of furan rings is 1. The van der Waals surface area contributed by atoms with Gasteiger partial charge in [-0.15, -0.1) is 0 Å². The van der Waals surface area contributed by atoms with Crippen LogP contribution in [-0.2, 0) is 17.9 Å². The lowest BCUT2D eigenvalue weighted by molar-refractivity contribution is -0.131. The van der Waals surface area contributed by atoms with Crippen LogP contribution in [0.5, 0.6) is 0 Å². The van der Waals surface area contributed by atoms with E-state index in [1.165, 1.54) is 0 Å². The highest BCUT2D eigenvalue weighted by Crippen LogP contribution is 2.30. The molecule has 0 radical (unpaired) electrons. The molecule has 0 spiro atoms. The molecule has 2 rings (SSSR count). The molecule has 1 aliphatic rings. The fourth-order valence-electron chi connectivity index (χ4n) is 2.55. The predicted molar refractivity (Wildman–Crippen MR) is 83.7 cm³/mol. The van der Waals surface area contributed by atoms with Crippen molar-refractivity contribution in [3.8, 4) is 0 Å². The Bertz CT molecular complexity index is 477. The third-order valence-electron chi connectivity index (χ3n) is 4.18. The van der Waals surface area contributed by atoms with E-state index in [0.717, 1.165) is 37.5 Å². The average Bonchev–Trinajstić information content (AvgIpc) is 2.81. The Hall–Kier alpha value is -1.29. The number of carbonyl (C=O) groups excluding carboxylic acids is 1. The van der Waals surface area contributed by atoms with E-state index in [1.807, 2.05) is 17.0 Å². The summed E-state index contributed by atoms with van der Waals surface area (Å²) in [6, 6.07) is 4.42. The van der Waals surface area contributed by atoms with Crippen LogP contribution in [0.15, 0.2) is 16.5 Å². The Kier molecular flexibility index (Phi) is 5.09. The van der Waals surface area contributed by atoms with Crippen LogP contribution in [0.4, 0.5) is 0 Å². The lowest BCUT2D eigenvalue weighted by atomic mass is 9.85. The predicted octanol–water partition coefficient (Wildman–Crippen LogP) is 3.32. The molecule has 4 heteroatoms. The SMILES string of the molecule is CC(C)NCc1ccc(CN2CCC(C)(C)CCC2=O)o1. The van der Waals surface area contributed by atoms with Crippen molar-refractivity contribution >= 4 is 5.91 Å². The number of hydrogen-bond donors (Lipinski definition) is 1. The minimum Gasteiger partial charge on any atom is -0.463 e. The van der Waals surface area contributed by atoms with Gasteiger partial charge in [-0.25, -0.2) is 0 Å². The van der Waals surface area contributed by atoms with Gasteiger partial charge in [0.15, 0.2) is 0 Å². The van der Waals surface area contributed by atoms with Gasteiger partial charge in [-0.2, -0.15) is 0 Å². The maximum Gasteiger partial charge on any atom is 0.222 e. The zero-order chi connectivity index (χ0) is 15.5. The van der Waals surface area contributed by atoms with Gasteiger partial charge in [-0.05, 0) is 30.4 Å². The molecule has 0 aliphatic carbocycles. The van der Waals surface area contributed by atoms with Gasteiger partial charge in [-0.3, -0.25) is 4.79 Å². The first-order chi connectivity index (χ1) is 9.85. The van der Waals surface area contributed by atoms with Crippen LogP contribution >= 0.6 is 0 Å². The third kappa shape index (κ3) is 4.88. The monoisotopic (exact) mass is 292 g/mol. The molecule has 0 saturated carbocycles. The smallest absolute Gasteiger partial charge is 0.222 e. The molecule has 0 bridgehead atoms. The van der Waals surface area contributed by atoms with E-state index in [-0.39, 0.29) is 11.3 Å². The van der Waals surface area contributed by atoms with Crippen molar-refractivity contribution in [2.45, 2.75) is 66.1 Å². The largest absolute Gasteiger partial charge is 0.463 e. The number of rotatable bonds is 5. The lowest BCUT2D eigenvalue weighted by Crippen LogP contribution is -2.29. The summed E-state index contributed by atoms with van der Waals surface area (Å²) in [5.41, 5.74) is 0.264. The van der Waals surface area contributed by atoms with Crippen LogP contribution < -0.4 is 5.32 Å². The van der Waals surface area contributed by atoms with Gasteiger partial charge in [0.2, 0.25) is 5.91 Å². The quantitative estimate of drug-likeness (QED) is 0.905. The van der Waals surface area contributed by atoms with Gasteiger partial charge in [0.05, 0.1) is 13.1 Å². The first kappa shape index (κ1) is 16.1. The second-order valence-corrected chi connectivity index (χ2v) is 7.13. The maximum atomic E-state index is 12.2. The Balaban J connectivity index is 1.93. The molecule has 0 atom stereocenters. The van der Waals surface area contributed by atoms with Crippen molar-refractivity contribution in [2.75, 3.05) is 6.54 Å². The standard InChI is InChI=1S/C17H28N2O2/c1-13(2)18-11-14-5-6-15(21-14)12-19-10-9-17(3,4)8-7-16(19)20/h5-6,13,18H,7-12H2,1-4H3. The molecule has 21 heavy (non-hydrogen) atoms. The average molecular weight is 292 g/mol. The van der Waals surface area contributed by atoms with Crippen LogP contribution in [0.2, 0.25) is 0 Å². The summed E-state index contributed by atoms with van der Waals surface area (Å²) in [5, 5.41) is 3.33. The van der Waals surface area contributed by atoms with Crippen molar-refractivity contribution in [1.82, 2.24) is 10.2 Å². The molecule has 1 aliphatic heterocycles. The van der Waals surface area contributed by atoms with Gasteiger partial charge in [0, 0.05) is 19.0 Å². The number of amides is 1. The van der Waals surface area contributed by atoms with Crippen molar-refractivity contribution in [2.24, 2.45) is 5.41 Å². The van der Waals surface area contributed by atoms with Gasteiger partial charge in [0.1, 0.15) is 11.5 Å². The zero-order valence-corrected chi connectivity index (χ0v) is 13.7. The fourth-order valence-corrected chi connectivity index (χ4v) is 2.55. The van der Waals surface area contributed by atoms with E-state index in [0.29, 0.717) is 19.0 Å². The van der Waals surface area contributed by atoms with Crippen molar-refractivity contribution < 1.29 is 9.21 Å². The highest BCUT2D eigenvalue weighted by molar-refractivity contribution is 5.76. The molecule has 2 heterocycles. The molecule has 1 aromatic rings. The molecule has 1 saturated heterocycles. The van der Waals surface area contributed by atoms with Crippen molar-refractivity contribution in [1.29, 1.82) is 0 Å². The number of hydrogen-bond acceptors (Lipinski definition) is 3. The molecule has 1 aromatic heterocycles. The summed E-state index contributed by atoms with van der Waals surface area (Å²) in [5.74, 6) is 2.06. The summed E-state index contributed by atoms with van der Waals surface area (Å²) < 4.78 is 5.82. The molecule has 4 nitrogen and oxygen atoms in total. The Morgan fingerprint density at radius 1 is 1.29 bits per heavy atom. The molecule has 1 fully saturated rings. The summed E-state index contributed by atoms with van der Waals surface area (Å²) in [4.78, 5) is 14.1. The minimum atomic E-state index is 0.249. The molecule has 1 amide bonds. The maximum absolute atomic E-state index is 12.2. The van der Waals surface area contributed by atoms with E-state index in [4.69, 9.17) is 4.42 Å². The number of nitrogens with one attached hydrogen (secondary N) is 1. The topological polar surface area (TPSA) is 45.5 Å². The van der Waals surface area contributed by atoms with E-state index >= 15 is 0 Å². The second kappa shape index (κ2) is 6.65. The van der Waals surface area contributed by atoms with E-state index in [2.05, 4.69) is 33.0 Å².